The van der Waals surface area contributed by atoms with E-state index >= 15 is 0 Å². The van der Waals surface area contributed by atoms with Crippen molar-refractivity contribution >= 4 is 5.69 Å². The lowest BCUT2D eigenvalue weighted by molar-refractivity contribution is 0.00406. The van der Waals surface area contributed by atoms with E-state index in [0.29, 0.717) is 6.61 Å². The first-order valence-electron chi connectivity index (χ1n) is 6.22. The number of nitrogen functional groups attached to an aromatic ring is 1. The molecule has 2 rings (SSSR count). The molecule has 0 amide bonds. The normalized spacial score (nSPS) is 14.1. The highest BCUT2D eigenvalue weighted by molar-refractivity contribution is 5.44. The second-order valence-electron chi connectivity index (χ2n) is 4.45. The van der Waals surface area contributed by atoms with E-state index in [1.165, 1.54) is 0 Å². The van der Waals surface area contributed by atoms with Crippen molar-refractivity contribution < 1.29 is 4.74 Å². The van der Waals surface area contributed by atoms with Crippen LogP contribution in [-0.4, -0.2) is 6.61 Å². The number of nitrogens with two attached hydrogens (primary N) is 1. The molecule has 0 aliphatic rings. The van der Waals surface area contributed by atoms with Gasteiger partial charge in [-0.3, -0.25) is 0 Å². The number of hydrogen-bond donors (Lipinski definition) is 1. The Morgan fingerprint density at radius 2 is 1.50 bits per heavy atom. The Labute approximate surface area is 108 Å². The molecule has 0 aliphatic carbocycles. The average Bonchev–Trinajstić information content (AvgIpc) is 2.40. The first-order valence-corrected chi connectivity index (χ1v) is 6.22. The summed E-state index contributed by atoms with van der Waals surface area (Å²) in [6, 6.07) is 18.1. The summed E-state index contributed by atoms with van der Waals surface area (Å²) in [5.41, 5.74) is 8.35. The maximum absolute atomic E-state index is 6.00. The van der Waals surface area contributed by atoms with Gasteiger partial charge in [-0.05, 0) is 37.1 Å². The van der Waals surface area contributed by atoms with E-state index in [1.54, 1.807) is 0 Å². The number of benzene rings is 2. The van der Waals surface area contributed by atoms with Gasteiger partial charge in [-0.25, -0.2) is 0 Å². The predicted octanol–water partition coefficient (Wildman–Crippen LogP) is 3.57. The van der Waals surface area contributed by atoms with Gasteiger partial charge in [0.2, 0.25) is 0 Å². The molecule has 1 unspecified atom stereocenters. The molecule has 0 spiro atoms. The van der Waals surface area contributed by atoms with Crippen molar-refractivity contribution in [2.75, 3.05) is 12.3 Å². The molecule has 18 heavy (non-hydrogen) atoms. The topological polar surface area (TPSA) is 35.2 Å². The minimum Gasteiger partial charge on any atom is -0.399 e. The molecule has 94 valence electrons. The van der Waals surface area contributed by atoms with Crippen LogP contribution in [0.4, 0.5) is 5.69 Å². The van der Waals surface area contributed by atoms with Crippen molar-refractivity contribution in [2.45, 2.75) is 19.4 Å². The average molecular weight is 241 g/mol. The van der Waals surface area contributed by atoms with Crippen LogP contribution >= 0.6 is 0 Å². The highest BCUT2D eigenvalue weighted by atomic mass is 16.5. The summed E-state index contributed by atoms with van der Waals surface area (Å²) in [5, 5.41) is 0. The Balaban J connectivity index is 2.47. The molecular weight excluding hydrogens is 222 g/mol. The number of ether oxygens (including phenoxy) is 1. The van der Waals surface area contributed by atoms with Gasteiger partial charge in [0.1, 0.15) is 5.60 Å². The predicted molar refractivity (Wildman–Crippen MR) is 75.4 cm³/mol. The molecule has 2 nitrogen and oxygen atoms in total. The molecule has 2 aromatic rings. The maximum Gasteiger partial charge on any atom is 0.115 e. The van der Waals surface area contributed by atoms with Crippen LogP contribution in [-0.2, 0) is 10.3 Å². The monoisotopic (exact) mass is 241 g/mol. The third-order valence-corrected chi connectivity index (χ3v) is 3.22. The van der Waals surface area contributed by atoms with Crippen molar-refractivity contribution in [3.8, 4) is 0 Å². The Kier molecular flexibility index (Phi) is 3.68. The summed E-state index contributed by atoms with van der Waals surface area (Å²) >= 11 is 0. The fraction of sp³-hybridized carbons (Fsp3) is 0.250. The van der Waals surface area contributed by atoms with Crippen LogP contribution in [0.25, 0.3) is 0 Å². The molecule has 0 fully saturated rings. The van der Waals surface area contributed by atoms with E-state index in [1.807, 2.05) is 49.4 Å². The molecule has 1 atom stereocenters. The molecule has 0 bridgehead atoms. The number of anilines is 1. The molecule has 0 saturated heterocycles. The third kappa shape index (κ3) is 2.39. The summed E-state index contributed by atoms with van der Waals surface area (Å²) in [5.74, 6) is 0. The second kappa shape index (κ2) is 5.23. The van der Waals surface area contributed by atoms with E-state index in [-0.39, 0.29) is 0 Å². The first kappa shape index (κ1) is 12.7. The van der Waals surface area contributed by atoms with Gasteiger partial charge in [-0.2, -0.15) is 0 Å². The zero-order valence-corrected chi connectivity index (χ0v) is 10.9. The van der Waals surface area contributed by atoms with Gasteiger partial charge in [0.25, 0.3) is 0 Å². The highest BCUT2D eigenvalue weighted by Gasteiger charge is 2.28. The zero-order valence-electron chi connectivity index (χ0n) is 10.9. The standard InChI is InChI=1S/C16H19NO/c1-3-18-16(2,13-7-5-4-6-8-13)14-9-11-15(17)12-10-14/h4-12H,3,17H2,1-2H3. The molecule has 0 aliphatic heterocycles. The minimum atomic E-state index is -0.427. The lowest BCUT2D eigenvalue weighted by Crippen LogP contribution is -2.27. The first-order chi connectivity index (χ1) is 8.66. The van der Waals surface area contributed by atoms with Crippen molar-refractivity contribution in [2.24, 2.45) is 0 Å². The van der Waals surface area contributed by atoms with Crippen molar-refractivity contribution in [1.82, 2.24) is 0 Å². The fourth-order valence-electron chi connectivity index (χ4n) is 2.18. The minimum absolute atomic E-state index is 0.427. The Morgan fingerprint density at radius 3 is 2.06 bits per heavy atom. The van der Waals surface area contributed by atoms with Crippen LogP contribution in [0.5, 0.6) is 0 Å². The van der Waals surface area contributed by atoms with E-state index in [2.05, 4.69) is 19.1 Å². The Hall–Kier alpha value is -1.80. The fourth-order valence-corrected chi connectivity index (χ4v) is 2.18. The van der Waals surface area contributed by atoms with E-state index in [0.717, 1.165) is 16.8 Å². The number of hydrogen-bond acceptors (Lipinski definition) is 2. The smallest absolute Gasteiger partial charge is 0.115 e. The molecular formula is C16H19NO. The number of rotatable bonds is 4. The quantitative estimate of drug-likeness (QED) is 0.830. The lowest BCUT2D eigenvalue weighted by Gasteiger charge is -2.30. The summed E-state index contributed by atoms with van der Waals surface area (Å²) in [6.07, 6.45) is 0. The van der Waals surface area contributed by atoms with Crippen molar-refractivity contribution in [3.05, 3.63) is 65.7 Å². The second-order valence-corrected chi connectivity index (χ2v) is 4.45. The van der Waals surface area contributed by atoms with E-state index < -0.39 is 5.60 Å². The van der Waals surface area contributed by atoms with Crippen LogP contribution in [0.15, 0.2) is 54.6 Å². The van der Waals surface area contributed by atoms with Crippen LogP contribution in [0.3, 0.4) is 0 Å². The summed E-state index contributed by atoms with van der Waals surface area (Å²) in [4.78, 5) is 0. The van der Waals surface area contributed by atoms with Gasteiger partial charge in [-0.15, -0.1) is 0 Å². The van der Waals surface area contributed by atoms with Crippen LogP contribution in [0, 0.1) is 0 Å². The van der Waals surface area contributed by atoms with Crippen LogP contribution in [0.2, 0.25) is 0 Å². The lowest BCUT2D eigenvalue weighted by atomic mass is 9.88. The Morgan fingerprint density at radius 1 is 0.944 bits per heavy atom. The summed E-state index contributed by atoms with van der Waals surface area (Å²) in [7, 11) is 0. The van der Waals surface area contributed by atoms with Gasteiger partial charge >= 0.3 is 0 Å². The van der Waals surface area contributed by atoms with Crippen molar-refractivity contribution in [3.63, 3.8) is 0 Å². The molecule has 2 aromatic carbocycles. The van der Waals surface area contributed by atoms with Gasteiger partial charge in [0, 0.05) is 12.3 Å². The Bertz CT molecular complexity index is 492. The van der Waals surface area contributed by atoms with Gasteiger partial charge < -0.3 is 10.5 Å². The molecule has 0 saturated carbocycles. The molecule has 2 heteroatoms. The summed E-state index contributed by atoms with van der Waals surface area (Å²) in [6.45, 7) is 4.77. The summed E-state index contributed by atoms with van der Waals surface area (Å²) < 4.78 is 6.00. The molecule has 0 aromatic heterocycles. The third-order valence-electron chi connectivity index (χ3n) is 3.22. The highest BCUT2D eigenvalue weighted by Crippen LogP contribution is 2.33. The SMILES string of the molecule is CCOC(C)(c1ccccc1)c1ccc(N)cc1. The zero-order chi connectivity index (χ0) is 13.0. The van der Waals surface area contributed by atoms with Gasteiger partial charge in [0.15, 0.2) is 0 Å². The molecule has 0 radical (unpaired) electrons. The van der Waals surface area contributed by atoms with E-state index in [9.17, 15) is 0 Å². The molecule has 0 heterocycles. The van der Waals surface area contributed by atoms with Gasteiger partial charge in [0.05, 0.1) is 0 Å². The molecule has 2 N–H and O–H groups in total. The van der Waals surface area contributed by atoms with Crippen LogP contribution in [0.1, 0.15) is 25.0 Å². The van der Waals surface area contributed by atoms with Crippen molar-refractivity contribution in [1.29, 1.82) is 0 Å². The maximum atomic E-state index is 6.00. The van der Waals surface area contributed by atoms with Crippen LogP contribution < -0.4 is 5.73 Å². The largest absolute Gasteiger partial charge is 0.399 e. The van der Waals surface area contributed by atoms with E-state index in [4.69, 9.17) is 10.5 Å². The van der Waals surface area contributed by atoms with Gasteiger partial charge in [-0.1, -0.05) is 42.5 Å².